The first-order valence-electron chi connectivity index (χ1n) is 10.5. The molecule has 2 fully saturated rings. The molecule has 29 heavy (non-hydrogen) atoms. The maximum Gasteiger partial charge on any atom is 0.225 e. The highest BCUT2D eigenvalue weighted by Crippen LogP contribution is 2.17. The summed E-state index contributed by atoms with van der Waals surface area (Å²) in [5, 5.41) is 0. The van der Waals surface area contributed by atoms with Gasteiger partial charge in [-0.3, -0.25) is 9.80 Å². The van der Waals surface area contributed by atoms with Crippen molar-refractivity contribution in [2.75, 3.05) is 44.2 Å². The van der Waals surface area contributed by atoms with Crippen molar-refractivity contribution < 1.29 is 9.13 Å². The molecular weight excluding hydrogens is 369 g/mol. The first-order valence-corrected chi connectivity index (χ1v) is 10.5. The van der Waals surface area contributed by atoms with Crippen LogP contribution in [0, 0.1) is 5.82 Å². The van der Waals surface area contributed by atoms with Gasteiger partial charge in [-0.15, -0.1) is 0 Å². The van der Waals surface area contributed by atoms with E-state index < -0.39 is 0 Å². The lowest BCUT2D eigenvalue weighted by Crippen LogP contribution is -2.46. The second kappa shape index (κ2) is 9.15. The molecule has 156 valence electrons. The van der Waals surface area contributed by atoms with Crippen LogP contribution in [0.3, 0.4) is 0 Å². The number of benzene rings is 1. The third-order valence-electron chi connectivity index (χ3n) is 5.57. The van der Waals surface area contributed by atoms with Crippen molar-refractivity contribution in [3.8, 4) is 0 Å². The van der Waals surface area contributed by atoms with E-state index in [0.29, 0.717) is 0 Å². The smallest absolute Gasteiger partial charge is 0.225 e. The zero-order valence-corrected chi connectivity index (χ0v) is 17.3. The Kier molecular flexibility index (Phi) is 6.37. The Morgan fingerprint density at radius 2 is 1.55 bits per heavy atom. The van der Waals surface area contributed by atoms with Gasteiger partial charge in [0.1, 0.15) is 5.82 Å². The number of rotatable bonds is 5. The van der Waals surface area contributed by atoms with Crippen LogP contribution < -0.4 is 4.90 Å². The molecule has 0 amide bonds. The topological polar surface area (TPSA) is 44.7 Å². The molecule has 2 saturated heterocycles. The molecule has 1 aromatic heterocycles. The van der Waals surface area contributed by atoms with Crippen LogP contribution in [-0.4, -0.2) is 71.2 Å². The summed E-state index contributed by atoms with van der Waals surface area (Å²) in [6, 6.07) is 8.83. The van der Waals surface area contributed by atoms with E-state index in [2.05, 4.69) is 33.5 Å². The Balaban J connectivity index is 1.30. The minimum atomic E-state index is -0.177. The van der Waals surface area contributed by atoms with Gasteiger partial charge < -0.3 is 9.64 Å². The maximum atomic E-state index is 13.1. The predicted molar refractivity (Wildman–Crippen MR) is 111 cm³/mol. The zero-order valence-electron chi connectivity index (χ0n) is 17.3. The molecule has 0 unspecified atom stereocenters. The number of halogens is 1. The molecule has 2 aliphatic rings. The molecule has 4 rings (SSSR count). The lowest BCUT2D eigenvalue weighted by Gasteiger charge is -2.36. The van der Waals surface area contributed by atoms with Crippen molar-refractivity contribution in [1.82, 2.24) is 19.8 Å². The highest BCUT2D eigenvalue weighted by molar-refractivity contribution is 5.31. The van der Waals surface area contributed by atoms with Gasteiger partial charge in [0.05, 0.1) is 17.9 Å². The summed E-state index contributed by atoms with van der Waals surface area (Å²) in [4.78, 5) is 16.4. The molecule has 6 nitrogen and oxygen atoms in total. The van der Waals surface area contributed by atoms with E-state index in [1.54, 1.807) is 0 Å². The minimum absolute atomic E-state index is 0.177. The van der Waals surface area contributed by atoms with E-state index >= 15 is 0 Å². The van der Waals surface area contributed by atoms with Crippen molar-refractivity contribution in [2.24, 2.45) is 0 Å². The van der Waals surface area contributed by atoms with Crippen LogP contribution in [-0.2, 0) is 17.8 Å². The minimum Gasteiger partial charge on any atom is -0.372 e. The molecule has 0 spiro atoms. The van der Waals surface area contributed by atoms with E-state index in [4.69, 9.17) is 9.72 Å². The van der Waals surface area contributed by atoms with E-state index in [9.17, 15) is 4.39 Å². The average Bonchev–Trinajstić information content (AvgIpc) is 2.71. The van der Waals surface area contributed by atoms with Crippen molar-refractivity contribution in [1.29, 1.82) is 0 Å². The normalized spacial score (nSPS) is 24.0. The van der Waals surface area contributed by atoms with Crippen LogP contribution in [0.25, 0.3) is 0 Å². The number of aromatic nitrogens is 2. The van der Waals surface area contributed by atoms with E-state index in [1.807, 2.05) is 24.4 Å². The largest absolute Gasteiger partial charge is 0.372 e. The van der Waals surface area contributed by atoms with Crippen LogP contribution in [0.5, 0.6) is 0 Å². The summed E-state index contributed by atoms with van der Waals surface area (Å²) in [5.41, 5.74) is 2.23. The second-order valence-corrected chi connectivity index (χ2v) is 8.19. The van der Waals surface area contributed by atoms with E-state index in [-0.39, 0.29) is 18.0 Å². The SMILES string of the molecule is C[C@H]1CN(c2nccc(CN3CCN(Cc4ccc(F)cc4)CC3)n2)C[C@H](C)O1. The summed E-state index contributed by atoms with van der Waals surface area (Å²) in [6.45, 7) is 11.6. The van der Waals surface area contributed by atoms with Crippen LogP contribution in [0.15, 0.2) is 36.5 Å². The standard InChI is InChI=1S/C22H30FN5O/c1-17-13-28(14-18(2)29-17)22-24-8-7-21(25-22)16-27-11-9-26(10-12-27)15-19-3-5-20(23)6-4-19/h3-8,17-18H,9-16H2,1-2H3/t17-,18-/m0/s1. The fraction of sp³-hybridized carbons (Fsp3) is 0.545. The van der Waals surface area contributed by atoms with E-state index in [1.165, 1.54) is 12.1 Å². The fourth-order valence-corrected chi connectivity index (χ4v) is 4.15. The number of piperazine rings is 1. The van der Waals surface area contributed by atoms with Crippen molar-refractivity contribution in [3.63, 3.8) is 0 Å². The third-order valence-corrected chi connectivity index (χ3v) is 5.57. The fourth-order valence-electron chi connectivity index (χ4n) is 4.15. The summed E-state index contributed by atoms with van der Waals surface area (Å²) in [7, 11) is 0. The highest BCUT2D eigenvalue weighted by Gasteiger charge is 2.24. The maximum absolute atomic E-state index is 13.1. The van der Waals surface area contributed by atoms with E-state index in [0.717, 1.165) is 69.6 Å². The first-order chi connectivity index (χ1) is 14.0. The van der Waals surface area contributed by atoms with Crippen molar-refractivity contribution in [2.45, 2.75) is 39.1 Å². The number of ether oxygens (including phenoxy) is 1. The van der Waals surface area contributed by atoms with Crippen LogP contribution >= 0.6 is 0 Å². The van der Waals surface area contributed by atoms with Crippen molar-refractivity contribution in [3.05, 3.63) is 53.6 Å². The van der Waals surface area contributed by atoms with Gasteiger partial charge in [0.2, 0.25) is 5.95 Å². The van der Waals surface area contributed by atoms with Crippen LogP contribution in [0.4, 0.5) is 10.3 Å². The summed E-state index contributed by atoms with van der Waals surface area (Å²) >= 11 is 0. The Morgan fingerprint density at radius 3 is 2.21 bits per heavy atom. The molecule has 2 aliphatic heterocycles. The number of hydrogen-bond acceptors (Lipinski definition) is 6. The molecule has 0 N–H and O–H groups in total. The number of morpholine rings is 1. The second-order valence-electron chi connectivity index (χ2n) is 8.19. The number of anilines is 1. The molecule has 0 aliphatic carbocycles. The van der Waals surface area contributed by atoms with Crippen molar-refractivity contribution >= 4 is 5.95 Å². The Bertz CT molecular complexity index is 784. The van der Waals surface area contributed by atoms with Gasteiger partial charge in [0, 0.05) is 58.6 Å². The average molecular weight is 400 g/mol. The molecule has 7 heteroatoms. The van der Waals surface area contributed by atoms with Gasteiger partial charge in [-0.05, 0) is 37.6 Å². The quantitative estimate of drug-likeness (QED) is 0.770. The summed E-state index contributed by atoms with van der Waals surface area (Å²) in [5.74, 6) is 0.628. The Hall–Kier alpha value is -2.09. The zero-order chi connectivity index (χ0) is 20.2. The molecule has 1 aromatic carbocycles. The number of hydrogen-bond donors (Lipinski definition) is 0. The Labute approximate surface area is 172 Å². The van der Waals surface area contributed by atoms with Gasteiger partial charge in [0.25, 0.3) is 0 Å². The van der Waals surface area contributed by atoms with Crippen LogP contribution in [0.2, 0.25) is 0 Å². The lowest BCUT2D eigenvalue weighted by atomic mass is 10.2. The summed E-state index contributed by atoms with van der Waals surface area (Å²) < 4.78 is 18.9. The van der Waals surface area contributed by atoms with Gasteiger partial charge >= 0.3 is 0 Å². The molecular formula is C22H30FN5O. The summed E-state index contributed by atoms with van der Waals surface area (Å²) in [6.07, 6.45) is 2.26. The van der Waals surface area contributed by atoms with Crippen LogP contribution in [0.1, 0.15) is 25.1 Å². The Morgan fingerprint density at radius 1 is 0.931 bits per heavy atom. The van der Waals surface area contributed by atoms with Gasteiger partial charge in [-0.25, -0.2) is 14.4 Å². The molecule has 2 atom stereocenters. The van der Waals surface area contributed by atoms with Gasteiger partial charge in [0.15, 0.2) is 0 Å². The predicted octanol–water partition coefficient (Wildman–Crippen LogP) is 2.55. The lowest BCUT2D eigenvalue weighted by molar-refractivity contribution is -0.00574. The number of nitrogens with zero attached hydrogens (tertiary/aromatic N) is 5. The van der Waals surface area contributed by atoms with Gasteiger partial charge in [-0.2, -0.15) is 0 Å². The highest BCUT2D eigenvalue weighted by atomic mass is 19.1. The molecule has 0 saturated carbocycles. The monoisotopic (exact) mass is 399 g/mol. The molecule has 0 bridgehead atoms. The van der Waals surface area contributed by atoms with Gasteiger partial charge in [-0.1, -0.05) is 12.1 Å². The molecule has 2 aromatic rings. The molecule has 3 heterocycles. The third kappa shape index (κ3) is 5.50. The molecule has 0 radical (unpaired) electrons. The first kappa shape index (κ1) is 20.2.